The summed E-state index contributed by atoms with van der Waals surface area (Å²) in [4.78, 5) is 16.3. The highest BCUT2D eigenvalue weighted by molar-refractivity contribution is 7.92. The number of sulfone groups is 1. The minimum atomic E-state index is -4.75. The van der Waals surface area contributed by atoms with E-state index in [9.17, 15) is 31.5 Å². The lowest BCUT2D eigenvalue weighted by molar-refractivity contribution is -0.141. The fourth-order valence-corrected chi connectivity index (χ4v) is 5.53. The van der Waals surface area contributed by atoms with Crippen LogP contribution in [0.5, 0.6) is 0 Å². The summed E-state index contributed by atoms with van der Waals surface area (Å²) >= 11 is 0. The van der Waals surface area contributed by atoms with Gasteiger partial charge in [-0.25, -0.2) is 18.2 Å². The van der Waals surface area contributed by atoms with E-state index in [1.807, 2.05) is 20.8 Å². The van der Waals surface area contributed by atoms with E-state index in [2.05, 4.69) is 4.98 Å². The van der Waals surface area contributed by atoms with Gasteiger partial charge in [0.15, 0.2) is 5.03 Å². The summed E-state index contributed by atoms with van der Waals surface area (Å²) in [7, 11) is -4.20. The van der Waals surface area contributed by atoms with E-state index in [1.165, 1.54) is 18.7 Å². The van der Waals surface area contributed by atoms with E-state index in [0.717, 1.165) is 18.2 Å². The van der Waals surface area contributed by atoms with E-state index in [0.29, 0.717) is 12.8 Å². The lowest BCUT2D eigenvalue weighted by Crippen LogP contribution is -2.55. The number of pyridine rings is 1. The number of hydrogen-bond donors (Lipinski definition) is 1. The molecule has 1 saturated heterocycles. The molecule has 0 bridgehead atoms. The molecule has 0 saturated carbocycles. The maximum Gasteiger partial charge on any atom is 0.433 e. The Bertz CT molecular complexity index is 876. The largest absolute Gasteiger partial charge is 0.465 e. The maximum absolute atomic E-state index is 13.2. The van der Waals surface area contributed by atoms with E-state index >= 15 is 0 Å². The van der Waals surface area contributed by atoms with Gasteiger partial charge in [-0.05, 0) is 50.2 Å². The van der Waals surface area contributed by atoms with Crippen LogP contribution >= 0.6 is 0 Å². The van der Waals surface area contributed by atoms with Crippen LogP contribution in [-0.2, 0) is 16.0 Å². The first-order chi connectivity index (χ1) is 13.0. The fraction of sp³-hybridized carbons (Fsp3) is 0.684. The summed E-state index contributed by atoms with van der Waals surface area (Å²) in [6.07, 6.45) is -5.23. The van der Waals surface area contributed by atoms with Crippen molar-refractivity contribution >= 4 is 15.9 Å². The Hall–Kier alpha value is -1.84. The Morgan fingerprint density at radius 2 is 1.76 bits per heavy atom. The molecule has 10 heteroatoms. The van der Waals surface area contributed by atoms with Gasteiger partial charge in [0.25, 0.3) is 0 Å². The van der Waals surface area contributed by atoms with E-state index in [1.54, 1.807) is 0 Å². The summed E-state index contributed by atoms with van der Waals surface area (Å²) in [5.41, 5.74) is -1.69. The van der Waals surface area contributed by atoms with Gasteiger partial charge in [-0.1, -0.05) is 26.8 Å². The predicted molar refractivity (Wildman–Crippen MR) is 101 cm³/mol. The average molecular weight is 436 g/mol. The Balaban J connectivity index is 2.42. The number of hydrogen-bond acceptors (Lipinski definition) is 4. The van der Waals surface area contributed by atoms with Crippen LogP contribution in [0.3, 0.4) is 0 Å². The average Bonchev–Trinajstić information content (AvgIpc) is 2.59. The first-order valence-corrected chi connectivity index (χ1v) is 10.8. The fourth-order valence-electron chi connectivity index (χ4n) is 3.86. The van der Waals surface area contributed by atoms with E-state index in [4.69, 9.17) is 0 Å². The third-order valence-electron chi connectivity index (χ3n) is 5.81. The minimum Gasteiger partial charge on any atom is -0.465 e. The molecule has 0 radical (unpaired) electrons. The molecule has 1 aliphatic rings. The molecule has 29 heavy (non-hydrogen) atoms. The van der Waals surface area contributed by atoms with E-state index in [-0.39, 0.29) is 6.54 Å². The molecule has 2 heterocycles. The summed E-state index contributed by atoms with van der Waals surface area (Å²) < 4.78 is 64.0. The Morgan fingerprint density at radius 1 is 1.17 bits per heavy atom. The minimum absolute atomic E-state index is 0.164. The number of rotatable bonds is 3. The number of alkyl halides is 3. The van der Waals surface area contributed by atoms with Crippen molar-refractivity contribution in [1.82, 2.24) is 9.88 Å². The van der Waals surface area contributed by atoms with Gasteiger partial charge in [0.05, 0.1) is 4.75 Å². The third-order valence-corrected chi connectivity index (χ3v) is 8.31. The summed E-state index contributed by atoms with van der Waals surface area (Å²) in [6, 6.07) is 2.42. The van der Waals surface area contributed by atoms with Crippen LogP contribution in [0, 0.1) is 11.3 Å². The highest BCUT2D eigenvalue weighted by Crippen LogP contribution is 2.43. The zero-order valence-corrected chi connectivity index (χ0v) is 17.9. The van der Waals surface area contributed by atoms with Crippen LogP contribution in [0.4, 0.5) is 18.0 Å². The number of likely N-dealkylation sites (tertiary alicyclic amines) is 1. The molecule has 0 aromatic carbocycles. The predicted octanol–water partition coefficient (Wildman–Crippen LogP) is 4.46. The summed E-state index contributed by atoms with van der Waals surface area (Å²) in [6.45, 7) is 8.76. The normalized spacial score (nSPS) is 21.9. The number of piperidine rings is 1. The number of amides is 1. The number of carboxylic acid groups (broad SMARTS) is 1. The first-order valence-electron chi connectivity index (χ1n) is 9.28. The van der Waals surface area contributed by atoms with Crippen LogP contribution in [0.15, 0.2) is 23.2 Å². The molecule has 0 aliphatic carbocycles. The van der Waals surface area contributed by atoms with Gasteiger partial charge >= 0.3 is 12.3 Å². The van der Waals surface area contributed by atoms with Gasteiger partial charge in [0, 0.05) is 12.6 Å². The van der Waals surface area contributed by atoms with Gasteiger partial charge in [-0.3, -0.25) is 0 Å². The van der Waals surface area contributed by atoms with Crippen molar-refractivity contribution < 1.29 is 31.5 Å². The van der Waals surface area contributed by atoms with Crippen molar-refractivity contribution in [2.45, 2.75) is 69.5 Å². The molecule has 1 aliphatic heterocycles. The monoisotopic (exact) mass is 436 g/mol. The second-order valence-electron chi connectivity index (χ2n) is 9.04. The van der Waals surface area contributed by atoms with Crippen LogP contribution in [0.2, 0.25) is 0 Å². The molecule has 1 aromatic heterocycles. The highest BCUT2D eigenvalue weighted by Gasteiger charge is 2.49. The number of nitrogens with zero attached hydrogens (tertiary/aromatic N) is 2. The summed E-state index contributed by atoms with van der Waals surface area (Å²) in [5, 5.41) is 8.88. The SMILES string of the molecule is CC(C)(C)C1CC(C(C)(C)S(=O)(=O)c2cccc(C(F)(F)F)n2)CCN1C(=O)O. The molecule has 2 atom stereocenters. The molecule has 0 spiro atoms. The van der Waals surface area contributed by atoms with Gasteiger partial charge in [0.2, 0.25) is 9.84 Å². The van der Waals surface area contributed by atoms with Gasteiger partial charge < -0.3 is 10.0 Å². The van der Waals surface area contributed by atoms with Crippen molar-refractivity contribution in [2.75, 3.05) is 6.54 Å². The molecular weight excluding hydrogens is 409 g/mol. The van der Waals surface area contributed by atoms with Gasteiger partial charge in [0.1, 0.15) is 5.69 Å². The third kappa shape index (κ3) is 4.51. The number of halogens is 3. The van der Waals surface area contributed by atoms with Crippen molar-refractivity contribution in [3.8, 4) is 0 Å². The maximum atomic E-state index is 13.2. The molecule has 164 valence electrons. The quantitative estimate of drug-likeness (QED) is 0.756. The molecule has 1 amide bonds. The Morgan fingerprint density at radius 3 is 2.24 bits per heavy atom. The second kappa shape index (κ2) is 7.45. The zero-order chi connectivity index (χ0) is 22.4. The van der Waals surface area contributed by atoms with E-state index < -0.39 is 54.9 Å². The molecule has 1 fully saturated rings. The Kier molecular flexibility index (Phi) is 6.02. The standard InChI is InChI=1S/C19H27F3N2O4S/c1-17(2,3)14-11-12(9-10-24(14)16(25)26)18(4,5)29(27,28)15-8-6-7-13(23-15)19(20,21)22/h6-8,12,14H,9-11H2,1-5H3,(H,25,26). The molecule has 1 N–H and O–H groups in total. The smallest absolute Gasteiger partial charge is 0.433 e. The lowest BCUT2D eigenvalue weighted by atomic mass is 9.73. The van der Waals surface area contributed by atoms with Crippen LogP contribution in [-0.4, -0.2) is 46.8 Å². The van der Waals surface area contributed by atoms with Crippen LogP contribution in [0.25, 0.3) is 0 Å². The molecule has 2 rings (SSSR count). The molecular formula is C19H27F3N2O4S. The first kappa shape index (κ1) is 23.4. The van der Waals surface area contributed by atoms with Crippen molar-refractivity contribution in [1.29, 1.82) is 0 Å². The lowest BCUT2D eigenvalue weighted by Gasteiger charge is -2.48. The highest BCUT2D eigenvalue weighted by atomic mass is 32.2. The van der Waals surface area contributed by atoms with Crippen molar-refractivity contribution in [3.63, 3.8) is 0 Å². The molecule has 6 nitrogen and oxygen atoms in total. The van der Waals surface area contributed by atoms with Crippen molar-refractivity contribution in [2.24, 2.45) is 11.3 Å². The topological polar surface area (TPSA) is 87.6 Å². The van der Waals surface area contributed by atoms with Gasteiger partial charge in [-0.2, -0.15) is 13.2 Å². The van der Waals surface area contributed by atoms with Crippen molar-refractivity contribution in [3.05, 3.63) is 23.9 Å². The Labute approximate surface area is 169 Å². The zero-order valence-electron chi connectivity index (χ0n) is 17.1. The molecule has 1 aromatic rings. The molecule has 2 unspecified atom stereocenters. The summed E-state index contributed by atoms with van der Waals surface area (Å²) in [5.74, 6) is -0.441. The second-order valence-corrected chi connectivity index (χ2v) is 11.5. The van der Waals surface area contributed by atoms with Crippen LogP contribution in [0.1, 0.15) is 53.2 Å². The van der Waals surface area contributed by atoms with Gasteiger partial charge in [-0.15, -0.1) is 0 Å². The number of carbonyl (C=O) groups is 1. The number of aromatic nitrogens is 1. The van der Waals surface area contributed by atoms with Crippen LogP contribution < -0.4 is 0 Å².